The van der Waals surface area contributed by atoms with E-state index in [0.29, 0.717) is 0 Å². The van der Waals surface area contributed by atoms with Gasteiger partial charge in [-0.05, 0) is 42.6 Å². The Morgan fingerprint density at radius 1 is 1.05 bits per heavy atom. The zero-order valence-electron chi connectivity index (χ0n) is 11.5. The van der Waals surface area contributed by atoms with Crippen LogP contribution in [0.15, 0.2) is 53.0 Å². The zero-order valence-corrected chi connectivity index (χ0v) is 13.1. The van der Waals surface area contributed by atoms with Crippen LogP contribution in [0.5, 0.6) is 0 Å². The van der Waals surface area contributed by atoms with Crippen LogP contribution in [0.25, 0.3) is 0 Å². The molecule has 100 valence electrons. The predicted molar refractivity (Wildman–Crippen MR) is 85.5 cm³/mol. The molecule has 0 aliphatic carbocycles. The van der Waals surface area contributed by atoms with Gasteiger partial charge in [0.1, 0.15) is 0 Å². The van der Waals surface area contributed by atoms with E-state index in [9.17, 15) is 0 Å². The first-order chi connectivity index (χ1) is 9.24. The third-order valence-corrected chi connectivity index (χ3v) is 4.21. The van der Waals surface area contributed by atoms with Crippen LogP contribution in [0, 0.1) is 6.92 Å². The first-order valence-corrected chi connectivity index (χ1v) is 7.56. The second kappa shape index (κ2) is 6.88. The molecule has 0 saturated carbocycles. The molecule has 1 N–H and O–H groups in total. The number of nitrogens with one attached hydrogen (secondary N) is 1. The Kier molecular flexibility index (Phi) is 5.17. The molecule has 0 heterocycles. The summed E-state index contributed by atoms with van der Waals surface area (Å²) in [6.45, 7) is 5.39. The molecular weight excluding hydrogens is 298 g/mol. The molecular formula is C17H20BrN. The highest BCUT2D eigenvalue weighted by Gasteiger charge is 2.15. The summed E-state index contributed by atoms with van der Waals surface area (Å²) in [5.74, 6) is 0. The number of benzene rings is 2. The number of halogens is 1. The highest BCUT2D eigenvalue weighted by molar-refractivity contribution is 9.10. The minimum atomic E-state index is 0.263. The maximum absolute atomic E-state index is 3.65. The summed E-state index contributed by atoms with van der Waals surface area (Å²) in [6.07, 6.45) is 1.14. The van der Waals surface area contributed by atoms with Gasteiger partial charge in [-0.25, -0.2) is 0 Å². The summed E-state index contributed by atoms with van der Waals surface area (Å²) in [5.41, 5.74) is 3.96. The van der Waals surface area contributed by atoms with Crippen LogP contribution in [0.3, 0.4) is 0 Å². The maximum Gasteiger partial charge on any atom is 0.0579 e. The van der Waals surface area contributed by atoms with Gasteiger partial charge in [0.15, 0.2) is 0 Å². The van der Waals surface area contributed by atoms with Crippen molar-refractivity contribution in [2.45, 2.75) is 26.3 Å². The maximum atomic E-state index is 3.65. The molecule has 0 saturated heterocycles. The molecule has 0 radical (unpaired) electrons. The monoisotopic (exact) mass is 317 g/mol. The molecule has 2 aromatic rings. The van der Waals surface area contributed by atoms with E-state index in [1.807, 2.05) is 0 Å². The van der Waals surface area contributed by atoms with Crippen molar-refractivity contribution < 1.29 is 0 Å². The average Bonchev–Trinajstić information content (AvgIpc) is 2.45. The minimum absolute atomic E-state index is 0.263. The van der Waals surface area contributed by atoms with Crippen LogP contribution in [0.4, 0.5) is 0 Å². The lowest BCUT2D eigenvalue weighted by Crippen LogP contribution is -2.24. The van der Waals surface area contributed by atoms with E-state index in [-0.39, 0.29) is 6.04 Å². The molecule has 0 fully saturated rings. The average molecular weight is 318 g/mol. The molecule has 1 atom stereocenters. The summed E-state index contributed by atoms with van der Waals surface area (Å²) in [5, 5.41) is 3.65. The lowest BCUT2D eigenvalue weighted by atomic mass is 9.95. The molecule has 0 spiro atoms. The van der Waals surface area contributed by atoms with Gasteiger partial charge >= 0.3 is 0 Å². The van der Waals surface area contributed by atoms with Crippen molar-refractivity contribution in [1.82, 2.24) is 5.32 Å². The van der Waals surface area contributed by atoms with E-state index in [4.69, 9.17) is 0 Å². The van der Waals surface area contributed by atoms with E-state index in [2.05, 4.69) is 83.6 Å². The Morgan fingerprint density at radius 2 is 1.79 bits per heavy atom. The van der Waals surface area contributed by atoms with Gasteiger partial charge in [0.2, 0.25) is 0 Å². The lowest BCUT2D eigenvalue weighted by molar-refractivity contribution is 0.596. The topological polar surface area (TPSA) is 12.0 Å². The largest absolute Gasteiger partial charge is 0.306 e. The van der Waals surface area contributed by atoms with Crippen molar-refractivity contribution in [3.63, 3.8) is 0 Å². The molecule has 2 aromatic carbocycles. The summed E-state index contributed by atoms with van der Waals surface area (Å²) < 4.78 is 1.17. The third kappa shape index (κ3) is 3.46. The standard InChI is InChI=1S/C17H20BrN/c1-3-12-19-17(14-8-5-4-6-9-14)15-10-7-11-16(18)13(15)2/h4-11,17,19H,3,12H2,1-2H3. The van der Waals surface area contributed by atoms with Gasteiger partial charge < -0.3 is 5.32 Å². The molecule has 2 heteroatoms. The van der Waals surface area contributed by atoms with Gasteiger partial charge in [-0.15, -0.1) is 0 Å². The van der Waals surface area contributed by atoms with Crippen LogP contribution in [0.2, 0.25) is 0 Å². The van der Waals surface area contributed by atoms with Crippen molar-refractivity contribution in [3.8, 4) is 0 Å². The second-order valence-electron chi connectivity index (χ2n) is 4.75. The fourth-order valence-corrected chi connectivity index (χ4v) is 2.66. The zero-order chi connectivity index (χ0) is 13.7. The molecule has 0 aliphatic rings. The summed E-state index contributed by atoms with van der Waals surface area (Å²) >= 11 is 3.63. The van der Waals surface area contributed by atoms with Crippen molar-refractivity contribution in [2.24, 2.45) is 0 Å². The smallest absolute Gasteiger partial charge is 0.0579 e. The van der Waals surface area contributed by atoms with Gasteiger partial charge in [-0.3, -0.25) is 0 Å². The van der Waals surface area contributed by atoms with E-state index in [1.165, 1.54) is 21.2 Å². The summed E-state index contributed by atoms with van der Waals surface area (Å²) in [4.78, 5) is 0. The molecule has 1 unspecified atom stereocenters. The molecule has 0 aromatic heterocycles. The Balaban J connectivity index is 2.40. The minimum Gasteiger partial charge on any atom is -0.306 e. The fourth-order valence-electron chi connectivity index (χ4n) is 2.28. The van der Waals surface area contributed by atoms with Gasteiger partial charge in [0, 0.05) is 4.47 Å². The Labute approximate surface area is 124 Å². The van der Waals surface area contributed by atoms with Crippen LogP contribution in [-0.2, 0) is 0 Å². The first kappa shape index (κ1) is 14.3. The van der Waals surface area contributed by atoms with Gasteiger partial charge in [-0.2, -0.15) is 0 Å². The number of hydrogen-bond acceptors (Lipinski definition) is 1. The van der Waals surface area contributed by atoms with Gasteiger partial charge in [0.25, 0.3) is 0 Å². The molecule has 0 aliphatic heterocycles. The van der Waals surface area contributed by atoms with Crippen LogP contribution < -0.4 is 5.32 Å². The Morgan fingerprint density at radius 3 is 2.47 bits per heavy atom. The van der Waals surface area contributed by atoms with E-state index >= 15 is 0 Å². The van der Waals surface area contributed by atoms with E-state index in [0.717, 1.165) is 13.0 Å². The highest BCUT2D eigenvalue weighted by atomic mass is 79.9. The SMILES string of the molecule is CCCNC(c1ccccc1)c1cccc(Br)c1C. The highest BCUT2D eigenvalue weighted by Crippen LogP contribution is 2.28. The van der Waals surface area contributed by atoms with Crippen molar-refractivity contribution in [3.05, 3.63) is 69.7 Å². The summed E-state index contributed by atoms with van der Waals surface area (Å²) in [6, 6.07) is 17.3. The molecule has 0 bridgehead atoms. The first-order valence-electron chi connectivity index (χ1n) is 6.77. The molecule has 2 rings (SSSR count). The van der Waals surface area contributed by atoms with Gasteiger partial charge in [0.05, 0.1) is 6.04 Å². The van der Waals surface area contributed by atoms with Crippen molar-refractivity contribution >= 4 is 15.9 Å². The molecule has 19 heavy (non-hydrogen) atoms. The van der Waals surface area contributed by atoms with Crippen molar-refractivity contribution in [2.75, 3.05) is 6.54 Å². The Hall–Kier alpha value is -1.12. The van der Waals surface area contributed by atoms with Crippen LogP contribution in [0.1, 0.15) is 36.1 Å². The fraction of sp³-hybridized carbons (Fsp3) is 0.294. The predicted octanol–water partition coefficient (Wildman–Crippen LogP) is 4.85. The third-order valence-electron chi connectivity index (χ3n) is 3.35. The normalized spacial score (nSPS) is 12.4. The second-order valence-corrected chi connectivity index (χ2v) is 5.61. The van der Waals surface area contributed by atoms with E-state index in [1.54, 1.807) is 0 Å². The molecule has 1 nitrogen and oxygen atoms in total. The Bertz CT molecular complexity index is 522. The lowest BCUT2D eigenvalue weighted by Gasteiger charge is -2.22. The van der Waals surface area contributed by atoms with E-state index < -0.39 is 0 Å². The van der Waals surface area contributed by atoms with Crippen molar-refractivity contribution in [1.29, 1.82) is 0 Å². The summed E-state index contributed by atoms with van der Waals surface area (Å²) in [7, 11) is 0. The number of rotatable bonds is 5. The van der Waals surface area contributed by atoms with Crippen LogP contribution in [-0.4, -0.2) is 6.54 Å². The van der Waals surface area contributed by atoms with Crippen LogP contribution >= 0.6 is 15.9 Å². The number of hydrogen-bond donors (Lipinski definition) is 1. The van der Waals surface area contributed by atoms with Gasteiger partial charge in [-0.1, -0.05) is 65.3 Å². The quantitative estimate of drug-likeness (QED) is 0.831. The molecule has 0 amide bonds.